The average molecular weight is 306 g/mol. The molecule has 0 unspecified atom stereocenters. The number of rotatable bonds is 8. The maximum absolute atomic E-state index is 13.1. The highest BCUT2D eigenvalue weighted by Crippen LogP contribution is 2.20. The molecule has 0 spiro atoms. The van der Waals surface area contributed by atoms with Gasteiger partial charge in [0.1, 0.15) is 18.2 Å². The van der Waals surface area contributed by atoms with E-state index in [1.165, 1.54) is 6.07 Å². The van der Waals surface area contributed by atoms with Crippen molar-refractivity contribution in [2.75, 3.05) is 32.9 Å². The first kappa shape index (κ1) is 14.4. The lowest BCUT2D eigenvalue weighted by molar-refractivity contribution is 0.148. The van der Waals surface area contributed by atoms with Gasteiger partial charge in [-0.3, -0.25) is 0 Å². The summed E-state index contributed by atoms with van der Waals surface area (Å²) in [4.78, 5) is 0. The van der Waals surface area contributed by atoms with Gasteiger partial charge in [0.25, 0.3) is 0 Å². The summed E-state index contributed by atoms with van der Waals surface area (Å²) in [5, 5.41) is 3.16. The van der Waals surface area contributed by atoms with Gasteiger partial charge in [0, 0.05) is 25.8 Å². The van der Waals surface area contributed by atoms with Gasteiger partial charge in [0.2, 0.25) is 0 Å². The second kappa shape index (κ2) is 8.44. The van der Waals surface area contributed by atoms with Gasteiger partial charge in [0.05, 0.1) is 11.1 Å². The molecule has 0 radical (unpaired) electrons. The average Bonchev–Trinajstić information content (AvgIpc) is 2.32. The summed E-state index contributed by atoms with van der Waals surface area (Å²) in [5.41, 5.74) is 0. The lowest BCUT2D eigenvalue weighted by Gasteiger charge is -2.08. The molecule has 0 atom stereocenters. The summed E-state index contributed by atoms with van der Waals surface area (Å²) in [5.74, 6) is 0.226. The number of benzene rings is 1. The predicted octanol–water partition coefficient (Wildman–Crippen LogP) is 2.59. The molecular weight excluding hydrogens is 289 g/mol. The van der Waals surface area contributed by atoms with Crippen LogP contribution in [-0.4, -0.2) is 32.9 Å². The zero-order valence-electron chi connectivity index (χ0n) is 9.84. The van der Waals surface area contributed by atoms with Gasteiger partial charge < -0.3 is 14.8 Å². The molecule has 1 aromatic carbocycles. The lowest BCUT2D eigenvalue weighted by Crippen LogP contribution is -2.25. The van der Waals surface area contributed by atoms with Crippen LogP contribution in [0.15, 0.2) is 22.7 Å². The van der Waals surface area contributed by atoms with Crippen LogP contribution < -0.4 is 10.1 Å². The van der Waals surface area contributed by atoms with E-state index in [0.717, 1.165) is 13.2 Å². The third-order valence-electron chi connectivity index (χ3n) is 2.07. The Morgan fingerprint density at radius 3 is 2.76 bits per heavy atom. The van der Waals surface area contributed by atoms with Gasteiger partial charge in [-0.25, -0.2) is 4.39 Å². The molecule has 0 aliphatic carbocycles. The molecule has 0 fully saturated rings. The minimum absolute atomic E-state index is 0.313. The van der Waals surface area contributed by atoms with E-state index < -0.39 is 0 Å². The zero-order valence-corrected chi connectivity index (χ0v) is 11.4. The zero-order chi connectivity index (χ0) is 12.5. The molecule has 0 saturated carbocycles. The van der Waals surface area contributed by atoms with Crippen molar-refractivity contribution in [3.05, 3.63) is 28.5 Å². The second-order valence-corrected chi connectivity index (χ2v) is 4.23. The number of nitrogens with one attached hydrogen (secondary N) is 1. The standard InChI is InChI=1S/C12H17BrFNO2/c1-2-16-7-5-15-6-8-17-10-3-4-11(13)12(14)9-10/h3-4,9,15H,2,5-8H2,1H3. The molecule has 1 aromatic rings. The van der Waals surface area contributed by atoms with Gasteiger partial charge in [-0.05, 0) is 35.0 Å². The fourth-order valence-corrected chi connectivity index (χ4v) is 1.47. The maximum atomic E-state index is 13.1. The molecule has 0 heterocycles. The first-order chi connectivity index (χ1) is 8.24. The van der Waals surface area contributed by atoms with E-state index in [1.807, 2.05) is 6.92 Å². The van der Waals surface area contributed by atoms with E-state index in [-0.39, 0.29) is 5.82 Å². The smallest absolute Gasteiger partial charge is 0.141 e. The van der Waals surface area contributed by atoms with Crippen LogP contribution in [0.5, 0.6) is 5.75 Å². The number of hydrogen-bond acceptors (Lipinski definition) is 3. The molecule has 17 heavy (non-hydrogen) atoms. The van der Waals surface area contributed by atoms with Crippen molar-refractivity contribution >= 4 is 15.9 Å². The van der Waals surface area contributed by atoms with Crippen LogP contribution in [0.2, 0.25) is 0 Å². The van der Waals surface area contributed by atoms with E-state index in [2.05, 4.69) is 21.2 Å². The molecule has 3 nitrogen and oxygen atoms in total. The van der Waals surface area contributed by atoms with Gasteiger partial charge >= 0.3 is 0 Å². The topological polar surface area (TPSA) is 30.5 Å². The highest BCUT2D eigenvalue weighted by molar-refractivity contribution is 9.10. The Morgan fingerprint density at radius 2 is 2.06 bits per heavy atom. The van der Waals surface area contributed by atoms with Crippen LogP contribution in [0.25, 0.3) is 0 Å². The van der Waals surface area contributed by atoms with Crippen molar-refractivity contribution in [3.63, 3.8) is 0 Å². The van der Waals surface area contributed by atoms with Gasteiger partial charge in [-0.1, -0.05) is 0 Å². The van der Waals surface area contributed by atoms with E-state index in [1.54, 1.807) is 12.1 Å². The van der Waals surface area contributed by atoms with Crippen LogP contribution in [0.3, 0.4) is 0 Å². The Morgan fingerprint density at radius 1 is 1.29 bits per heavy atom. The Labute approximate surface area is 109 Å². The number of halogens is 2. The quantitative estimate of drug-likeness (QED) is 0.749. The van der Waals surface area contributed by atoms with Gasteiger partial charge in [-0.15, -0.1) is 0 Å². The summed E-state index contributed by atoms with van der Waals surface area (Å²) >= 11 is 3.09. The monoisotopic (exact) mass is 305 g/mol. The first-order valence-electron chi connectivity index (χ1n) is 5.60. The fraction of sp³-hybridized carbons (Fsp3) is 0.500. The highest BCUT2D eigenvalue weighted by atomic mass is 79.9. The van der Waals surface area contributed by atoms with Crippen molar-refractivity contribution < 1.29 is 13.9 Å². The lowest BCUT2D eigenvalue weighted by atomic mass is 10.3. The van der Waals surface area contributed by atoms with Crippen LogP contribution in [-0.2, 0) is 4.74 Å². The molecule has 96 valence electrons. The molecule has 0 aliphatic heterocycles. The first-order valence-corrected chi connectivity index (χ1v) is 6.39. The summed E-state index contributed by atoms with van der Waals surface area (Å²) in [6.45, 7) is 5.41. The van der Waals surface area contributed by atoms with E-state index >= 15 is 0 Å². The summed E-state index contributed by atoms with van der Waals surface area (Å²) in [7, 11) is 0. The molecule has 0 aliphatic rings. The summed E-state index contributed by atoms with van der Waals surface area (Å²) in [6, 6.07) is 4.73. The van der Waals surface area contributed by atoms with E-state index in [4.69, 9.17) is 9.47 Å². The Kier molecular flexibility index (Phi) is 7.16. The van der Waals surface area contributed by atoms with E-state index in [9.17, 15) is 4.39 Å². The Hall–Kier alpha value is -0.650. The van der Waals surface area contributed by atoms with Crippen LogP contribution in [0.1, 0.15) is 6.92 Å². The Bertz CT molecular complexity index is 336. The van der Waals surface area contributed by atoms with Crippen molar-refractivity contribution in [1.29, 1.82) is 0 Å². The van der Waals surface area contributed by atoms with Crippen molar-refractivity contribution in [2.45, 2.75) is 6.92 Å². The van der Waals surface area contributed by atoms with Gasteiger partial charge in [0.15, 0.2) is 0 Å². The second-order valence-electron chi connectivity index (χ2n) is 3.37. The summed E-state index contributed by atoms with van der Waals surface area (Å²) < 4.78 is 24.1. The third-order valence-corrected chi connectivity index (χ3v) is 2.71. The third kappa shape index (κ3) is 6.00. The molecule has 0 bridgehead atoms. The van der Waals surface area contributed by atoms with Crippen molar-refractivity contribution in [1.82, 2.24) is 5.32 Å². The van der Waals surface area contributed by atoms with Crippen LogP contribution >= 0.6 is 15.9 Å². The summed E-state index contributed by atoms with van der Waals surface area (Å²) in [6.07, 6.45) is 0. The highest BCUT2D eigenvalue weighted by Gasteiger charge is 2.00. The van der Waals surface area contributed by atoms with Crippen molar-refractivity contribution in [2.24, 2.45) is 0 Å². The maximum Gasteiger partial charge on any atom is 0.141 e. The minimum atomic E-state index is -0.313. The SMILES string of the molecule is CCOCCNCCOc1ccc(Br)c(F)c1. The van der Waals surface area contributed by atoms with E-state index in [0.29, 0.717) is 30.0 Å². The van der Waals surface area contributed by atoms with Crippen LogP contribution in [0.4, 0.5) is 4.39 Å². The fourth-order valence-electron chi connectivity index (χ4n) is 1.22. The number of ether oxygens (including phenoxy) is 2. The van der Waals surface area contributed by atoms with Gasteiger partial charge in [-0.2, -0.15) is 0 Å². The normalized spacial score (nSPS) is 10.5. The molecule has 1 rings (SSSR count). The molecule has 0 aromatic heterocycles. The Balaban J connectivity index is 2.11. The molecular formula is C12H17BrFNO2. The molecule has 0 amide bonds. The molecule has 0 saturated heterocycles. The largest absolute Gasteiger partial charge is 0.492 e. The minimum Gasteiger partial charge on any atom is -0.492 e. The number of hydrogen-bond donors (Lipinski definition) is 1. The molecule has 1 N–H and O–H groups in total. The predicted molar refractivity (Wildman–Crippen MR) is 69.0 cm³/mol. The molecule has 5 heteroatoms. The van der Waals surface area contributed by atoms with Crippen molar-refractivity contribution in [3.8, 4) is 5.75 Å². The van der Waals surface area contributed by atoms with Crippen LogP contribution in [0, 0.1) is 5.82 Å².